The second-order valence-electron chi connectivity index (χ2n) is 9.01. The molecule has 0 fully saturated rings. The predicted molar refractivity (Wildman–Crippen MR) is 149 cm³/mol. The number of aromatic nitrogens is 3. The predicted octanol–water partition coefficient (Wildman–Crippen LogP) is 8.31. The van der Waals surface area contributed by atoms with E-state index in [2.05, 4.69) is 97.7 Å². The monoisotopic (exact) mass is 463 g/mol. The standard InChI is InChI=1S/C33H25N3/c1-22-14-15-27(23(2)31(22)24-9-4-3-5-10-24)29-17-16-28(32-33(29)36-20-19-35-32)25-11-8-12-26(21-25)30-13-6-7-18-34-30/h3-21H,1-2H3. The Morgan fingerprint density at radius 1 is 0.472 bits per heavy atom. The van der Waals surface area contributed by atoms with Crippen molar-refractivity contribution in [3.05, 3.63) is 127 Å². The zero-order valence-electron chi connectivity index (χ0n) is 20.3. The van der Waals surface area contributed by atoms with Crippen LogP contribution < -0.4 is 0 Å². The highest BCUT2D eigenvalue weighted by Crippen LogP contribution is 2.39. The second kappa shape index (κ2) is 9.20. The van der Waals surface area contributed by atoms with Gasteiger partial charge in [0.05, 0.1) is 16.7 Å². The van der Waals surface area contributed by atoms with Crippen LogP contribution in [-0.4, -0.2) is 15.0 Å². The van der Waals surface area contributed by atoms with Crippen molar-refractivity contribution < 1.29 is 0 Å². The average Bonchev–Trinajstić information content (AvgIpc) is 2.94. The van der Waals surface area contributed by atoms with Crippen molar-refractivity contribution in [3.8, 4) is 44.6 Å². The summed E-state index contributed by atoms with van der Waals surface area (Å²) in [6, 6.07) is 33.8. The van der Waals surface area contributed by atoms with Gasteiger partial charge in [0, 0.05) is 35.3 Å². The number of pyridine rings is 1. The highest BCUT2D eigenvalue weighted by molar-refractivity contribution is 6.01. The molecular weight excluding hydrogens is 438 g/mol. The van der Waals surface area contributed by atoms with Gasteiger partial charge in [0.2, 0.25) is 0 Å². The first-order valence-corrected chi connectivity index (χ1v) is 12.1. The lowest BCUT2D eigenvalue weighted by Crippen LogP contribution is -1.95. The van der Waals surface area contributed by atoms with Gasteiger partial charge >= 0.3 is 0 Å². The van der Waals surface area contributed by atoms with Crippen molar-refractivity contribution in [1.29, 1.82) is 0 Å². The zero-order chi connectivity index (χ0) is 24.5. The van der Waals surface area contributed by atoms with Gasteiger partial charge in [0.1, 0.15) is 0 Å². The summed E-state index contributed by atoms with van der Waals surface area (Å²) in [5, 5.41) is 0. The minimum absolute atomic E-state index is 0.898. The summed E-state index contributed by atoms with van der Waals surface area (Å²) >= 11 is 0. The molecule has 0 aliphatic carbocycles. The van der Waals surface area contributed by atoms with Crippen LogP contribution in [0, 0.1) is 13.8 Å². The Labute approximate surface area is 211 Å². The van der Waals surface area contributed by atoms with Crippen LogP contribution in [0.4, 0.5) is 0 Å². The molecule has 3 heteroatoms. The van der Waals surface area contributed by atoms with Gasteiger partial charge in [0.25, 0.3) is 0 Å². The molecule has 2 aromatic heterocycles. The lowest BCUT2D eigenvalue weighted by Gasteiger charge is -2.17. The van der Waals surface area contributed by atoms with Gasteiger partial charge in [-0.2, -0.15) is 0 Å². The Bertz CT molecular complexity index is 1690. The molecule has 0 atom stereocenters. The normalized spacial score (nSPS) is 11.1. The third-order valence-corrected chi connectivity index (χ3v) is 6.79. The van der Waals surface area contributed by atoms with Crippen molar-refractivity contribution in [3.63, 3.8) is 0 Å². The Kier molecular flexibility index (Phi) is 5.59. The van der Waals surface area contributed by atoms with Gasteiger partial charge in [-0.3, -0.25) is 15.0 Å². The zero-order valence-corrected chi connectivity index (χ0v) is 20.3. The summed E-state index contributed by atoms with van der Waals surface area (Å²) in [6.07, 6.45) is 5.38. The fourth-order valence-corrected chi connectivity index (χ4v) is 5.07. The molecule has 0 N–H and O–H groups in total. The van der Waals surface area contributed by atoms with E-state index < -0.39 is 0 Å². The van der Waals surface area contributed by atoms with Crippen molar-refractivity contribution in [2.24, 2.45) is 0 Å². The van der Waals surface area contributed by atoms with Crippen LogP contribution in [0.3, 0.4) is 0 Å². The van der Waals surface area contributed by atoms with Crippen LogP contribution in [-0.2, 0) is 0 Å². The van der Waals surface area contributed by atoms with Gasteiger partial charge in [-0.05, 0) is 65.4 Å². The Morgan fingerprint density at radius 2 is 1.14 bits per heavy atom. The number of hydrogen-bond acceptors (Lipinski definition) is 3. The van der Waals surface area contributed by atoms with E-state index in [1.807, 2.05) is 24.4 Å². The van der Waals surface area contributed by atoms with Crippen LogP contribution >= 0.6 is 0 Å². The minimum Gasteiger partial charge on any atom is -0.256 e. The summed E-state index contributed by atoms with van der Waals surface area (Å²) in [5.74, 6) is 0. The average molecular weight is 464 g/mol. The maximum atomic E-state index is 4.82. The minimum atomic E-state index is 0.898. The number of nitrogens with zero attached hydrogens (tertiary/aromatic N) is 3. The quantitative estimate of drug-likeness (QED) is 0.264. The van der Waals surface area contributed by atoms with Crippen LogP contribution in [0.15, 0.2) is 116 Å². The number of benzene rings is 4. The lowest BCUT2D eigenvalue weighted by molar-refractivity contribution is 1.29. The molecule has 0 saturated carbocycles. The summed E-state index contributed by atoms with van der Waals surface area (Å²) in [5.41, 5.74) is 13.3. The van der Waals surface area contributed by atoms with Gasteiger partial charge < -0.3 is 0 Å². The molecule has 2 heterocycles. The third kappa shape index (κ3) is 3.85. The molecule has 6 rings (SSSR count). The third-order valence-electron chi connectivity index (χ3n) is 6.79. The fourth-order valence-electron chi connectivity index (χ4n) is 5.07. The van der Waals surface area contributed by atoms with Gasteiger partial charge in [0.15, 0.2) is 0 Å². The molecule has 172 valence electrons. The Hall–Kier alpha value is -4.63. The Balaban J connectivity index is 1.53. The molecule has 0 aliphatic rings. The first-order chi connectivity index (χ1) is 17.7. The maximum absolute atomic E-state index is 4.82. The van der Waals surface area contributed by atoms with Crippen molar-refractivity contribution in [2.45, 2.75) is 13.8 Å². The molecule has 0 aliphatic heterocycles. The molecule has 0 bridgehead atoms. The van der Waals surface area contributed by atoms with E-state index in [1.165, 1.54) is 27.8 Å². The van der Waals surface area contributed by atoms with E-state index in [-0.39, 0.29) is 0 Å². The van der Waals surface area contributed by atoms with Crippen molar-refractivity contribution in [1.82, 2.24) is 15.0 Å². The van der Waals surface area contributed by atoms with Crippen molar-refractivity contribution in [2.75, 3.05) is 0 Å². The van der Waals surface area contributed by atoms with Gasteiger partial charge in [-0.25, -0.2) is 0 Å². The van der Waals surface area contributed by atoms with E-state index in [9.17, 15) is 0 Å². The summed E-state index contributed by atoms with van der Waals surface area (Å²) in [6.45, 7) is 4.38. The highest BCUT2D eigenvalue weighted by Gasteiger charge is 2.16. The van der Waals surface area contributed by atoms with Gasteiger partial charge in [-0.15, -0.1) is 0 Å². The summed E-state index contributed by atoms with van der Waals surface area (Å²) in [4.78, 5) is 14.1. The van der Waals surface area contributed by atoms with Crippen molar-refractivity contribution >= 4 is 11.0 Å². The largest absolute Gasteiger partial charge is 0.256 e. The molecular formula is C33H25N3. The summed E-state index contributed by atoms with van der Waals surface area (Å²) in [7, 11) is 0. The number of hydrogen-bond donors (Lipinski definition) is 0. The molecule has 0 amide bonds. The maximum Gasteiger partial charge on any atom is 0.0971 e. The SMILES string of the molecule is Cc1ccc(-c2ccc(-c3cccc(-c4ccccn4)c3)c3nccnc23)c(C)c1-c1ccccc1. The molecule has 6 aromatic rings. The lowest BCUT2D eigenvalue weighted by atomic mass is 9.88. The van der Waals surface area contributed by atoms with E-state index in [1.54, 1.807) is 12.4 Å². The number of aryl methyl sites for hydroxylation is 1. The van der Waals surface area contributed by atoms with E-state index in [0.29, 0.717) is 0 Å². The van der Waals surface area contributed by atoms with Crippen LogP contribution in [0.2, 0.25) is 0 Å². The topological polar surface area (TPSA) is 38.7 Å². The molecule has 3 nitrogen and oxygen atoms in total. The van der Waals surface area contributed by atoms with Crippen LogP contribution in [0.1, 0.15) is 11.1 Å². The summed E-state index contributed by atoms with van der Waals surface area (Å²) < 4.78 is 0. The number of fused-ring (bicyclic) bond motifs is 1. The molecule has 0 spiro atoms. The van der Waals surface area contributed by atoms with Gasteiger partial charge in [-0.1, -0.05) is 78.9 Å². The molecule has 0 unspecified atom stereocenters. The molecule has 4 aromatic carbocycles. The van der Waals surface area contributed by atoms with Crippen LogP contribution in [0.25, 0.3) is 55.7 Å². The first-order valence-electron chi connectivity index (χ1n) is 12.1. The molecule has 0 radical (unpaired) electrons. The smallest absolute Gasteiger partial charge is 0.0971 e. The fraction of sp³-hybridized carbons (Fsp3) is 0.0606. The van der Waals surface area contributed by atoms with E-state index >= 15 is 0 Å². The van der Waals surface area contributed by atoms with E-state index in [4.69, 9.17) is 9.97 Å². The Morgan fingerprint density at radius 3 is 1.92 bits per heavy atom. The molecule has 0 saturated heterocycles. The highest BCUT2D eigenvalue weighted by atomic mass is 14.8. The number of rotatable bonds is 4. The first kappa shape index (κ1) is 21.9. The van der Waals surface area contributed by atoms with Crippen LogP contribution in [0.5, 0.6) is 0 Å². The molecule has 36 heavy (non-hydrogen) atoms. The van der Waals surface area contributed by atoms with E-state index in [0.717, 1.165) is 39.0 Å². The second-order valence-corrected chi connectivity index (χ2v) is 9.01.